The molecule has 0 aliphatic heterocycles. The van der Waals surface area contributed by atoms with Crippen LogP contribution in [0.5, 0.6) is 0 Å². The summed E-state index contributed by atoms with van der Waals surface area (Å²) in [7, 11) is 0. The van der Waals surface area contributed by atoms with Crippen molar-refractivity contribution in [2.24, 2.45) is 0 Å². The highest BCUT2D eigenvalue weighted by atomic mass is 19.1. The third-order valence-electron chi connectivity index (χ3n) is 2.47. The lowest BCUT2D eigenvalue weighted by molar-refractivity contribution is -0.384. The van der Waals surface area contributed by atoms with E-state index in [0.717, 1.165) is 16.8 Å². The van der Waals surface area contributed by atoms with Crippen molar-refractivity contribution in [2.45, 2.75) is 6.92 Å². The molecular weight excluding hydrogens is 259 g/mol. The molecule has 0 amide bonds. The molecule has 0 spiro atoms. The van der Waals surface area contributed by atoms with E-state index in [4.69, 9.17) is 5.11 Å². The van der Waals surface area contributed by atoms with Crippen LogP contribution in [-0.2, 0) is 0 Å². The van der Waals surface area contributed by atoms with Gasteiger partial charge in [0.25, 0.3) is 5.69 Å². The van der Waals surface area contributed by atoms with Gasteiger partial charge in [0.1, 0.15) is 0 Å². The first kappa shape index (κ1) is 12.6. The standard InChI is InChI=1S/C10H7FN4O4/c1-5-8(10(16)17)12-13-14(5)9-6(11)3-2-4-7(9)15(18)19/h2-4H,1H3,(H,16,17). The normalized spacial score (nSPS) is 10.4. The number of carboxylic acids is 1. The quantitative estimate of drug-likeness (QED) is 0.662. The van der Waals surface area contributed by atoms with E-state index in [2.05, 4.69) is 10.3 Å². The molecule has 0 saturated carbocycles. The van der Waals surface area contributed by atoms with Crippen LogP contribution < -0.4 is 0 Å². The van der Waals surface area contributed by atoms with Gasteiger partial charge in [0, 0.05) is 6.07 Å². The van der Waals surface area contributed by atoms with Crippen LogP contribution in [0.4, 0.5) is 10.1 Å². The Morgan fingerprint density at radius 3 is 2.74 bits per heavy atom. The summed E-state index contributed by atoms with van der Waals surface area (Å²) in [6.45, 7) is 1.33. The Morgan fingerprint density at radius 1 is 1.53 bits per heavy atom. The van der Waals surface area contributed by atoms with E-state index in [-0.39, 0.29) is 5.69 Å². The molecule has 19 heavy (non-hydrogen) atoms. The summed E-state index contributed by atoms with van der Waals surface area (Å²) >= 11 is 0. The number of para-hydroxylation sites is 1. The first-order chi connectivity index (χ1) is 8.93. The van der Waals surface area contributed by atoms with E-state index < -0.39 is 33.8 Å². The van der Waals surface area contributed by atoms with Crippen molar-refractivity contribution in [2.75, 3.05) is 0 Å². The molecule has 2 aromatic rings. The van der Waals surface area contributed by atoms with Crippen LogP contribution in [0.25, 0.3) is 5.69 Å². The molecule has 1 N–H and O–H groups in total. The van der Waals surface area contributed by atoms with Crippen molar-refractivity contribution in [1.82, 2.24) is 15.0 Å². The van der Waals surface area contributed by atoms with Gasteiger partial charge in [-0.15, -0.1) is 5.10 Å². The van der Waals surface area contributed by atoms with E-state index >= 15 is 0 Å². The van der Waals surface area contributed by atoms with Crippen LogP contribution >= 0.6 is 0 Å². The molecule has 0 aliphatic rings. The van der Waals surface area contributed by atoms with Crippen molar-refractivity contribution in [3.63, 3.8) is 0 Å². The summed E-state index contributed by atoms with van der Waals surface area (Å²) in [6, 6.07) is 3.30. The molecule has 0 fully saturated rings. The smallest absolute Gasteiger partial charge is 0.358 e. The number of hydrogen-bond acceptors (Lipinski definition) is 5. The average Bonchev–Trinajstić information content (AvgIpc) is 2.70. The van der Waals surface area contributed by atoms with Gasteiger partial charge in [-0.25, -0.2) is 13.9 Å². The van der Waals surface area contributed by atoms with Crippen molar-refractivity contribution >= 4 is 11.7 Å². The van der Waals surface area contributed by atoms with Crippen LogP contribution in [0, 0.1) is 22.9 Å². The molecule has 0 saturated heterocycles. The second-order valence-corrected chi connectivity index (χ2v) is 3.61. The maximum atomic E-state index is 13.7. The second kappa shape index (κ2) is 4.44. The fraction of sp³-hybridized carbons (Fsp3) is 0.100. The number of aromatic nitrogens is 3. The van der Waals surface area contributed by atoms with Gasteiger partial charge < -0.3 is 5.11 Å². The van der Waals surface area contributed by atoms with Gasteiger partial charge in [-0.2, -0.15) is 0 Å². The van der Waals surface area contributed by atoms with E-state index in [0.29, 0.717) is 0 Å². The zero-order valence-corrected chi connectivity index (χ0v) is 9.57. The van der Waals surface area contributed by atoms with E-state index in [1.165, 1.54) is 13.0 Å². The largest absolute Gasteiger partial charge is 0.476 e. The number of carboxylic acid groups (broad SMARTS) is 1. The van der Waals surface area contributed by atoms with Crippen LogP contribution in [0.1, 0.15) is 16.2 Å². The van der Waals surface area contributed by atoms with Gasteiger partial charge in [0.2, 0.25) is 0 Å². The Bertz CT molecular complexity index is 682. The number of rotatable bonds is 3. The first-order valence-electron chi connectivity index (χ1n) is 5.02. The Morgan fingerprint density at radius 2 is 2.21 bits per heavy atom. The molecule has 0 aliphatic carbocycles. The number of nitro benzene ring substituents is 1. The summed E-state index contributed by atoms with van der Waals surface area (Å²) in [5, 5.41) is 26.5. The number of nitro groups is 1. The van der Waals surface area contributed by atoms with Crippen LogP contribution in [0.3, 0.4) is 0 Å². The highest BCUT2D eigenvalue weighted by Crippen LogP contribution is 2.26. The number of nitrogens with zero attached hydrogens (tertiary/aromatic N) is 4. The topological polar surface area (TPSA) is 111 Å². The van der Waals surface area contributed by atoms with Gasteiger partial charge in [-0.1, -0.05) is 11.3 Å². The lowest BCUT2D eigenvalue weighted by Gasteiger charge is -2.05. The Labute approximate surface area is 105 Å². The molecule has 9 heteroatoms. The lowest BCUT2D eigenvalue weighted by atomic mass is 10.2. The highest BCUT2D eigenvalue weighted by molar-refractivity contribution is 5.86. The monoisotopic (exact) mass is 266 g/mol. The predicted octanol–water partition coefficient (Wildman–Crippen LogP) is 1.32. The van der Waals surface area contributed by atoms with E-state index in [1.807, 2.05) is 0 Å². The Hall–Kier alpha value is -2.84. The number of aromatic carboxylic acids is 1. The molecule has 0 bridgehead atoms. The van der Waals surface area contributed by atoms with Gasteiger partial charge in [0.05, 0.1) is 10.6 Å². The van der Waals surface area contributed by atoms with Gasteiger partial charge in [-0.3, -0.25) is 10.1 Å². The fourth-order valence-electron chi connectivity index (χ4n) is 1.60. The highest BCUT2D eigenvalue weighted by Gasteiger charge is 2.25. The van der Waals surface area contributed by atoms with E-state index in [1.54, 1.807) is 0 Å². The zero-order chi connectivity index (χ0) is 14.2. The van der Waals surface area contributed by atoms with Crippen molar-refractivity contribution < 1.29 is 19.2 Å². The molecule has 98 valence electrons. The summed E-state index contributed by atoms with van der Waals surface area (Å²) < 4.78 is 14.5. The molecule has 0 radical (unpaired) electrons. The van der Waals surface area contributed by atoms with Gasteiger partial charge in [0.15, 0.2) is 17.2 Å². The number of carbonyl (C=O) groups is 1. The molecule has 1 aromatic carbocycles. The Balaban J connectivity index is 2.72. The third kappa shape index (κ3) is 2.01. The summed E-state index contributed by atoms with van der Waals surface area (Å²) in [4.78, 5) is 20.9. The lowest BCUT2D eigenvalue weighted by Crippen LogP contribution is -2.07. The zero-order valence-electron chi connectivity index (χ0n) is 9.57. The SMILES string of the molecule is Cc1c(C(=O)O)nnn1-c1c(F)cccc1[N+](=O)[O-]. The van der Waals surface area contributed by atoms with Crippen LogP contribution in [0.2, 0.25) is 0 Å². The minimum Gasteiger partial charge on any atom is -0.476 e. The molecule has 2 rings (SSSR count). The van der Waals surface area contributed by atoms with Gasteiger partial charge in [-0.05, 0) is 13.0 Å². The van der Waals surface area contributed by atoms with Crippen molar-refractivity contribution in [3.05, 3.63) is 45.5 Å². The summed E-state index contributed by atoms with van der Waals surface area (Å²) in [5.74, 6) is -2.23. The predicted molar refractivity (Wildman–Crippen MR) is 59.7 cm³/mol. The van der Waals surface area contributed by atoms with E-state index in [9.17, 15) is 19.3 Å². The number of hydrogen-bond donors (Lipinski definition) is 1. The van der Waals surface area contributed by atoms with Crippen LogP contribution in [-0.4, -0.2) is 31.0 Å². The molecule has 0 atom stereocenters. The molecule has 0 unspecified atom stereocenters. The maximum absolute atomic E-state index is 13.7. The van der Waals surface area contributed by atoms with Crippen LogP contribution in [0.15, 0.2) is 18.2 Å². The third-order valence-corrected chi connectivity index (χ3v) is 2.47. The summed E-state index contributed by atoms with van der Waals surface area (Å²) in [5.41, 5.74) is -1.35. The molecular formula is C10H7FN4O4. The van der Waals surface area contributed by atoms with Gasteiger partial charge >= 0.3 is 5.97 Å². The fourth-order valence-corrected chi connectivity index (χ4v) is 1.60. The second-order valence-electron chi connectivity index (χ2n) is 3.61. The minimum absolute atomic E-state index is 0.000648. The number of benzene rings is 1. The molecule has 1 heterocycles. The molecule has 8 nitrogen and oxygen atoms in total. The summed E-state index contributed by atoms with van der Waals surface area (Å²) in [6.07, 6.45) is 0. The Kier molecular flexibility index (Phi) is 2.95. The molecule has 1 aromatic heterocycles. The van der Waals surface area contributed by atoms with Crippen molar-refractivity contribution in [1.29, 1.82) is 0 Å². The maximum Gasteiger partial charge on any atom is 0.358 e. The average molecular weight is 266 g/mol. The number of halogens is 1. The first-order valence-corrected chi connectivity index (χ1v) is 5.02. The van der Waals surface area contributed by atoms with Crippen molar-refractivity contribution in [3.8, 4) is 5.69 Å². The minimum atomic E-state index is -1.34.